The first-order valence-electron chi connectivity index (χ1n) is 9.65. The van der Waals surface area contributed by atoms with Gasteiger partial charge in [-0.3, -0.25) is 9.59 Å². The van der Waals surface area contributed by atoms with E-state index in [0.717, 1.165) is 30.4 Å². The highest BCUT2D eigenvalue weighted by atomic mass is 16.5. The standard InChI is InChI=1S/C21H24N2O4/c1-13(25)23-10-9-20-14-5-3-4-6-16(14)22-21(20)8-7-19(12-24,18(20)23)11-15(21)17(26)27-2/h3-6,12,15,18,22H,7-11H2,1-2H3/t15-,18?,19-,20-,21-/m1/s1. The smallest absolute Gasteiger partial charge is 0.311 e. The molecule has 2 spiro atoms. The molecule has 1 unspecified atom stereocenters. The molecule has 6 nitrogen and oxygen atoms in total. The van der Waals surface area contributed by atoms with Gasteiger partial charge in [-0.1, -0.05) is 18.2 Å². The molecule has 5 atom stereocenters. The number of fused-ring (bicyclic) bond motifs is 3. The van der Waals surface area contributed by atoms with Gasteiger partial charge in [-0.2, -0.15) is 0 Å². The lowest BCUT2D eigenvalue weighted by atomic mass is 9.40. The summed E-state index contributed by atoms with van der Waals surface area (Å²) < 4.78 is 5.18. The van der Waals surface area contributed by atoms with E-state index < -0.39 is 22.3 Å². The fraction of sp³-hybridized carbons (Fsp3) is 0.571. The quantitative estimate of drug-likeness (QED) is 0.637. The van der Waals surface area contributed by atoms with E-state index in [1.807, 2.05) is 23.1 Å². The lowest BCUT2D eigenvalue weighted by molar-refractivity contribution is -0.169. The minimum Gasteiger partial charge on any atom is -0.469 e. The number of aldehydes is 1. The Morgan fingerprint density at radius 2 is 2.04 bits per heavy atom. The summed E-state index contributed by atoms with van der Waals surface area (Å²) in [5, 5.41) is 3.71. The second-order valence-electron chi connectivity index (χ2n) is 8.61. The number of benzene rings is 1. The van der Waals surface area contributed by atoms with Gasteiger partial charge in [-0.05, 0) is 37.3 Å². The molecule has 6 rings (SSSR count). The van der Waals surface area contributed by atoms with Gasteiger partial charge in [-0.15, -0.1) is 0 Å². The predicted molar refractivity (Wildman–Crippen MR) is 98.1 cm³/mol. The molecular weight excluding hydrogens is 344 g/mol. The predicted octanol–water partition coefficient (Wildman–Crippen LogP) is 1.88. The maximum atomic E-state index is 12.8. The van der Waals surface area contributed by atoms with Crippen LogP contribution < -0.4 is 5.32 Å². The third-order valence-corrected chi connectivity index (χ3v) is 7.92. The highest BCUT2D eigenvalue weighted by molar-refractivity contribution is 5.85. The van der Waals surface area contributed by atoms with Gasteiger partial charge in [0.25, 0.3) is 0 Å². The summed E-state index contributed by atoms with van der Waals surface area (Å²) in [6.07, 6.45) is 3.62. The van der Waals surface area contributed by atoms with E-state index in [0.29, 0.717) is 19.4 Å². The molecule has 1 aromatic carbocycles. The van der Waals surface area contributed by atoms with E-state index in [1.54, 1.807) is 6.92 Å². The molecule has 5 aliphatic rings. The summed E-state index contributed by atoms with van der Waals surface area (Å²) in [4.78, 5) is 39.7. The summed E-state index contributed by atoms with van der Waals surface area (Å²) >= 11 is 0. The molecule has 3 aliphatic carbocycles. The SMILES string of the molecule is COC(=O)[C@H]1C[C@@]2(C=O)CC[C@@]13Nc1ccccc1[C@@]31CCN(C(C)=O)C21. The molecule has 0 aromatic heterocycles. The van der Waals surface area contributed by atoms with Crippen molar-refractivity contribution in [3.05, 3.63) is 29.8 Å². The minimum atomic E-state index is -0.706. The molecule has 4 fully saturated rings. The van der Waals surface area contributed by atoms with Crippen LogP contribution in [0.2, 0.25) is 0 Å². The summed E-state index contributed by atoms with van der Waals surface area (Å²) in [5.74, 6) is -0.669. The molecule has 1 aromatic rings. The molecule has 2 heterocycles. The Morgan fingerprint density at radius 3 is 2.74 bits per heavy atom. The van der Waals surface area contributed by atoms with E-state index in [-0.39, 0.29) is 17.9 Å². The fourth-order valence-corrected chi connectivity index (χ4v) is 7.08. The summed E-state index contributed by atoms with van der Waals surface area (Å²) in [6.45, 7) is 2.19. The number of hydrogen-bond donors (Lipinski definition) is 1. The number of methoxy groups -OCH3 is 1. The highest BCUT2D eigenvalue weighted by Gasteiger charge is 2.79. The first-order valence-corrected chi connectivity index (χ1v) is 9.65. The molecule has 1 amide bonds. The Kier molecular flexibility index (Phi) is 3.18. The molecular formula is C21H24N2O4. The Labute approximate surface area is 158 Å². The number of likely N-dealkylation sites (tertiary alicyclic amines) is 1. The van der Waals surface area contributed by atoms with Crippen molar-refractivity contribution in [3.63, 3.8) is 0 Å². The molecule has 2 aliphatic heterocycles. The van der Waals surface area contributed by atoms with Crippen LogP contribution in [0.5, 0.6) is 0 Å². The van der Waals surface area contributed by atoms with Crippen LogP contribution in [0.4, 0.5) is 5.69 Å². The van der Waals surface area contributed by atoms with Gasteiger partial charge in [0.1, 0.15) is 6.29 Å². The lowest BCUT2D eigenvalue weighted by Crippen LogP contribution is -2.76. The van der Waals surface area contributed by atoms with E-state index >= 15 is 0 Å². The second kappa shape index (κ2) is 5.12. The van der Waals surface area contributed by atoms with Crippen molar-refractivity contribution < 1.29 is 19.1 Å². The van der Waals surface area contributed by atoms with Gasteiger partial charge in [-0.25, -0.2) is 0 Å². The Bertz CT molecular complexity index is 869. The first kappa shape index (κ1) is 16.8. The van der Waals surface area contributed by atoms with E-state index in [9.17, 15) is 14.4 Å². The van der Waals surface area contributed by atoms with Crippen LogP contribution in [-0.4, -0.2) is 48.3 Å². The minimum absolute atomic E-state index is 0.000186. The third-order valence-electron chi connectivity index (χ3n) is 7.92. The zero-order valence-corrected chi connectivity index (χ0v) is 15.7. The van der Waals surface area contributed by atoms with E-state index in [1.165, 1.54) is 7.11 Å². The van der Waals surface area contributed by atoms with Crippen molar-refractivity contribution in [3.8, 4) is 0 Å². The third kappa shape index (κ3) is 1.66. The number of anilines is 1. The summed E-state index contributed by atoms with van der Waals surface area (Å²) in [6, 6.07) is 7.91. The van der Waals surface area contributed by atoms with Crippen LogP contribution in [0.15, 0.2) is 24.3 Å². The zero-order chi connectivity index (χ0) is 19.0. The number of rotatable bonds is 2. The number of nitrogens with one attached hydrogen (secondary N) is 1. The molecule has 27 heavy (non-hydrogen) atoms. The maximum absolute atomic E-state index is 12.8. The molecule has 2 bridgehead atoms. The van der Waals surface area contributed by atoms with Crippen LogP contribution in [0, 0.1) is 11.3 Å². The van der Waals surface area contributed by atoms with Crippen molar-refractivity contribution in [1.82, 2.24) is 4.90 Å². The Balaban J connectivity index is 1.82. The number of esters is 1. The van der Waals surface area contributed by atoms with E-state index in [4.69, 9.17) is 4.74 Å². The van der Waals surface area contributed by atoms with Crippen molar-refractivity contribution in [2.24, 2.45) is 11.3 Å². The molecule has 6 heteroatoms. The molecule has 142 valence electrons. The van der Waals surface area contributed by atoms with Gasteiger partial charge < -0.3 is 19.7 Å². The Morgan fingerprint density at radius 1 is 1.26 bits per heavy atom. The zero-order valence-electron chi connectivity index (χ0n) is 15.7. The van der Waals surface area contributed by atoms with E-state index in [2.05, 4.69) is 11.4 Å². The van der Waals surface area contributed by atoms with Gasteiger partial charge in [0.15, 0.2) is 0 Å². The topological polar surface area (TPSA) is 75.7 Å². The van der Waals surface area contributed by atoms with Gasteiger partial charge in [0.05, 0.1) is 24.6 Å². The number of nitrogens with zero attached hydrogens (tertiary/aromatic N) is 1. The first-order chi connectivity index (χ1) is 13.0. The molecule has 3 saturated carbocycles. The number of carbonyl (C=O) groups excluding carboxylic acids is 3. The molecule has 1 N–H and O–H groups in total. The second-order valence-corrected chi connectivity index (χ2v) is 8.61. The summed E-state index contributed by atoms with van der Waals surface area (Å²) in [7, 11) is 1.41. The van der Waals surface area contributed by atoms with Gasteiger partial charge >= 0.3 is 5.97 Å². The normalized spacial score (nSPS) is 40.6. The number of amides is 1. The largest absolute Gasteiger partial charge is 0.469 e. The van der Waals surface area contributed by atoms with Crippen molar-refractivity contribution in [2.75, 3.05) is 19.0 Å². The fourth-order valence-electron chi connectivity index (χ4n) is 7.08. The Hall–Kier alpha value is -2.37. The highest BCUT2D eigenvalue weighted by Crippen LogP contribution is 2.71. The van der Waals surface area contributed by atoms with Gasteiger partial charge in [0, 0.05) is 30.0 Å². The monoisotopic (exact) mass is 368 g/mol. The van der Waals surface area contributed by atoms with Crippen molar-refractivity contribution in [1.29, 1.82) is 0 Å². The van der Waals surface area contributed by atoms with Crippen LogP contribution in [0.25, 0.3) is 0 Å². The average molecular weight is 368 g/mol. The number of ether oxygens (including phenoxy) is 1. The van der Waals surface area contributed by atoms with Crippen LogP contribution >= 0.6 is 0 Å². The number of carbonyl (C=O) groups is 3. The average Bonchev–Trinajstić information content (AvgIpc) is 3.24. The van der Waals surface area contributed by atoms with Gasteiger partial charge in [0.2, 0.25) is 5.91 Å². The van der Waals surface area contributed by atoms with Crippen LogP contribution in [0.3, 0.4) is 0 Å². The van der Waals surface area contributed by atoms with Crippen LogP contribution in [-0.2, 0) is 24.5 Å². The van der Waals surface area contributed by atoms with Crippen molar-refractivity contribution in [2.45, 2.75) is 49.6 Å². The van der Waals surface area contributed by atoms with Crippen molar-refractivity contribution >= 4 is 23.9 Å². The number of hydrogen-bond acceptors (Lipinski definition) is 5. The maximum Gasteiger partial charge on any atom is 0.311 e. The molecule has 1 saturated heterocycles. The van der Waals surface area contributed by atoms with Crippen LogP contribution in [0.1, 0.15) is 38.2 Å². The number of para-hydroxylation sites is 1. The summed E-state index contributed by atoms with van der Waals surface area (Å²) in [5.41, 5.74) is 0.500. The lowest BCUT2D eigenvalue weighted by Gasteiger charge is -2.65. The molecule has 0 radical (unpaired) electrons.